The van der Waals surface area contributed by atoms with E-state index in [2.05, 4.69) is 4.90 Å². The highest BCUT2D eigenvalue weighted by Gasteiger charge is 2.22. The molecule has 0 unspecified atom stereocenters. The lowest BCUT2D eigenvalue weighted by atomic mass is 10.1. The summed E-state index contributed by atoms with van der Waals surface area (Å²) in [7, 11) is 0. The monoisotopic (exact) mass is 414 g/mol. The van der Waals surface area contributed by atoms with Gasteiger partial charge in [-0.05, 0) is 68.1 Å². The summed E-state index contributed by atoms with van der Waals surface area (Å²) in [5.41, 5.74) is 1.59. The first-order valence-electron chi connectivity index (χ1n) is 10.3. The van der Waals surface area contributed by atoms with Crippen molar-refractivity contribution in [2.75, 3.05) is 26.2 Å². The Labute approximate surface area is 176 Å². The van der Waals surface area contributed by atoms with E-state index in [0.717, 1.165) is 68.7 Å². The van der Waals surface area contributed by atoms with Gasteiger partial charge in [-0.1, -0.05) is 11.6 Å². The van der Waals surface area contributed by atoms with E-state index in [1.807, 2.05) is 35.2 Å². The summed E-state index contributed by atoms with van der Waals surface area (Å²) in [6, 6.07) is 12.7. The first-order chi connectivity index (χ1) is 14.1. The van der Waals surface area contributed by atoms with Crippen molar-refractivity contribution in [3.05, 3.63) is 58.6 Å². The van der Waals surface area contributed by atoms with Gasteiger partial charge in [-0.3, -0.25) is 9.69 Å². The van der Waals surface area contributed by atoms with E-state index in [1.54, 1.807) is 12.1 Å². The quantitative estimate of drug-likeness (QED) is 0.791. The molecule has 0 aliphatic carbocycles. The van der Waals surface area contributed by atoms with Crippen molar-refractivity contribution in [2.24, 2.45) is 0 Å². The number of piperidine rings is 1. The van der Waals surface area contributed by atoms with Crippen molar-refractivity contribution in [3.8, 4) is 11.5 Å². The fourth-order valence-electron chi connectivity index (χ4n) is 4.08. The molecule has 0 saturated carbocycles. The Morgan fingerprint density at radius 1 is 1.03 bits per heavy atom. The van der Waals surface area contributed by atoms with Crippen LogP contribution in [0.1, 0.15) is 41.6 Å². The predicted octanol–water partition coefficient (Wildman–Crippen LogP) is 4.33. The Morgan fingerprint density at radius 2 is 1.72 bits per heavy atom. The largest absolute Gasteiger partial charge is 0.508 e. The average Bonchev–Trinajstić information content (AvgIpc) is 3.27. The Kier molecular flexibility index (Phi) is 6.26. The molecule has 2 fully saturated rings. The number of benzene rings is 2. The lowest BCUT2D eigenvalue weighted by Gasteiger charge is -2.32. The van der Waals surface area contributed by atoms with Crippen LogP contribution in [-0.4, -0.2) is 53.1 Å². The Balaban J connectivity index is 1.27. The van der Waals surface area contributed by atoms with E-state index >= 15 is 0 Å². The van der Waals surface area contributed by atoms with Gasteiger partial charge in [0.05, 0.1) is 0 Å². The smallest absolute Gasteiger partial charge is 0.253 e. The zero-order valence-electron chi connectivity index (χ0n) is 16.5. The number of nitrogens with zero attached hydrogens (tertiary/aromatic N) is 2. The topological polar surface area (TPSA) is 53.0 Å². The maximum Gasteiger partial charge on any atom is 0.253 e. The Bertz CT molecular complexity index is 842. The molecule has 0 aromatic heterocycles. The molecule has 0 atom stereocenters. The second-order valence-corrected chi connectivity index (χ2v) is 8.33. The van der Waals surface area contributed by atoms with Gasteiger partial charge in [0.2, 0.25) is 0 Å². The molecule has 5 nitrogen and oxygen atoms in total. The number of rotatable bonds is 5. The third kappa shape index (κ3) is 5.03. The minimum Gasteiger partial charge on any atom is -0.508 e. The molecular weight excluding hydrogens is 388 g/mol. The van der Waals surface area contributed by atoms with Crippen LogP contribution in [0.5, 0.6) is 11.5 Å². The van der Waals surface area contributed by atoms with Crippen LogP contribution >= 0.6 is 11.6 Å². The SMILES string of the molecule is O=C(c1ccc(OC2CCN(Cc3cc(Cl)ccc3O)CC2)cc1)N1CCCC1. The van der Waals surface area contributed by atoms with Gasteiger partial charge in [0.25, 0.3) is 5.91 Å². The number of aromatic hydroxyl groups is 1. The highest BCUT2D eigenvalue weighted by Crippen LogP contribution is 2.26. The molecule has 2 heterocycles. The van der Waals surface area contributed by atoms with E-state index in [1.165, 1.54) is 0 Å². The summed E-state index contributed by atoms with van der Waals surface area (Å²) in [4.78, 5) is 16.7. The maximum atomic E-state index is 12.4. The normalized spacial score (nSPS) is 18.2. The van der Waals surface area contributed by atoms with Crippen molar-refractivity contribution in [1.29, 1.82) is 0 Å². The number of ether oxygens (including phenoxy) is 1. The van der Waals surface area contributed by atoms with Crippen molar-refractivity contribution < 1.29 is 14.6 Å². The minimum absolute atomic E-state index is 0.117. The molecule has 1 N–H and O–H groups in total. The van der Waals surface area contributed by atoms with Crippen LogP contribution in [0, 0.1) is 0 Å². The van der Waals surface area contributed by atoms with Crippen LogP contribution in [0.25, 0.3) is 0 Å². The molecule has 29 heavy (non-hydrogen) atoms. The summed E-state index contributed by atoms with van der Waals surface area (Å²) >= 11 is 6.04. The molecule has 2 aliphatic rings. The molecule has 4 rings (SSSR count). The highest BCUT2D eigenvalue weighted by molar-refractivity contribution is 6.30. The summed E-state index contributed by atoms with van der Waals surface area (Å²) in [5.74, 6) is 1.22. The van der Waals surface area contributed by atoms with Crippen molar-refractivity contribution in [2.45, 2.75) is 38.3 Å². The summed E-state index contributed by atoms with van der Waals surface area (Å²) in [5, 5.41) is 10.6. The maximum absolute atomic E-state index is 12.4. The molecule has 2 aromatic carbocycles. The standard InChI is InChI=1S/C23H27ClN2O3/c24-19-5-8-22(27)18(15-19)16-25-13-9-21(10-14-25)29-20-6-3-17(4-7-20)23(28)26-11-1-2-12-26/h3-8,15,21,27H,1-2,9-14,16H2. The van der Waals surface area contributed by atoms with E-state index in [4.69, 9.17) is 16.3 Å². The molecular formula is C23H27ClN2O3. The van der Waals surface area contributed by atoms with Crippen LogP contribution in [0.15, 0.2) is 42.5 Å². The van der Waals surface area contributed by atoms with E-state index in [-0.39, 0.29) is 17.8 Å². The zero-order valence-corrected chi connectivity index (χ0v) is 17.3. The molecule has 154 valence electrons. The number of amides is 1. The third-order valence-corrected chi connectivity index (χ3v) is 6.00. The molecule has 1 amide bonds. The summed E-state index contributed by atoms with van der Waals surface area (Å²) in [6.45, 7) is 4.22. The lowest BCUT2D eigenvalue weighted by molar-refractivity contribution is 0.0792. The van der Waals surface area contributed by atoms with Crippen LogP contribution in [0.2, 0.25) is 5.02 Å². The molecule has 0 bridgehead atoms. The van der Waals surface area contributed by atoms with Gasteiger partial charge in [-0.2, -0.15) is 0 Å². The Hall–Kier alpha value is -2.24. The van der Waals surface area contributed by atoms with Crippen LogP contribution in [0.3, 0.4) is 0 Å². The molecule has 2 saturated heterocycles. The third-order valence-electron chi connectivity index (χ3n) is 5.77. The van der Waals surface area contributed by atoms with Crippen LogP contribution in [0.4, 0.5) is 0 Å². The van der Waals surface area contributed by atoms with E-state index in [0.29, 0.717) is 11.6 Å². The van der Waals surface area contributed by atoms with Gasteiger partial charge in [-0.15, -0.1) is 0 Å². The number of halogens is 1. The number of likely N-dealkylation sites (tertiary alicyclic amines) is 2. The number of carbonyl (C=O) groups is 1. The van der Waals surface area contributed by atoms with Crippen molar-refractivity contribution >= 4 is 17.5 Å². The number of hydrogen-bond donors (Lipinski definition) is 1. The first kappa shape index (κ1) is 20.0. The molecule has 6 heteroatoms. The van der Waals surface area contributed by atoms with E-state index in [9.17, 15) is 9.90 Å². The van der Waals surface area contributed by atoms with Crippen LogP contribution in [-0.2, 0) is 6.54 Å². The fraction of sp³-hybridized carbons (Fsp3) is 0.435. The van der Waals surface area contributed by atoms with Gasteiger partial charge in [-0.25, -0.2) is 0 Å². The second-order valence-electron chi connectivity index (χ2n) is 7.89. The van der Waals surface area contributed by atoms with Gasteiger partial charge >= 0.3 is 0 Å². The first-order valence-corrected chi connectivity index (χ1v) is 10.7. The molecule has 2 aliphatic heterocycles. The summed E-state index contributed by atoms with van der Waals surface area (Å²) in [6.07, 6.45) is 4.22. The number of carbonyl (C=O) groups excluding carboxylic acids is 1. The average molecular weight is 415 g/mol. The highest BCUT2D eigenvalue weighted by atomic mass is 35.5. The van der Waals surface area contributed by atoms with Gasteiger partial charge in [0.1, 0.15) is 17.6 Å². The lowest BCUT2D eigenvalue weighted by Crippen LogP contribution is -2.37. The fourth-order valence-corrected chi connectivity index (χ4v) is 4.27. The molecule has 0 spiro atoms. The second kappa shape index (κ2) is 9.06. The van der Waals surface area contributed by atoms with Gasteiger partial charge in [0.15, 0.2) is 0 Å². The van der Waals surface area contributed by atoms with Crippen molar-refractivity contribution in [1.82, 2.24) is 9.80 Å². The molecule has 0 radical (unpaired) electrons. The van der Waals surface area contributed by atoms with Gasteiger partial charge < -0.3 is 14.7 Å². The molecule has 2 aromatic rings. The number of phenols is 1. The number of hydrogen-bond acceptors (Lipinski definition) is 4. The Morgan fingerprint density at radius 3 is 2.41 bits per heavy atom. The minimum atomic E-state index is 0.117. The van der Waals surface area contributed by atoms with Gasteiger partial charge in [0, 0.05) is 48.9 Å². The van der Waals surface area contributed by atoms with E-state index < -0.39 is 0 Å². The zero-order chi connectivity index (χ0) is 20.2. The summed E-state index contributed by atoms with van der Waals surface area (Å²) < 4.78 is 6.13. The van der Waals surface area contributed by atoms with Crippen LogP contribution < -0.4 is 4.74 Å². The predicted molar refractivity (Wildman–Crippen MR) is 114 cm³/mol. The number of phenolic OH excluding ortho intramolecular Hbond substituents is 1. The van der Waals surface area contributed by atoms with Crippen molar-refractivity contribution in [3.63, 3.8) is 0 Å².